The molecule has 0 aromatic heterocycles. The summed E-state index contributed by atoms with van der Waals surface area (Å²) in [4.78, 5) is 37.7. The zero-order valence-electron chi connectivity index (χ0n) is 13.8. The summed E-state index contributed by atoms with van der Waals surface area (Å²) in [5.41, 5.74) is 2.71. The predicted octanol–water partition coefficient (Wildman–Crippen LogP) is -0.468. The summed E-state index contributed by atoms with van der Waals surface area (Å²) in [6.45, 7) is 0.426. The molecule has 1 aromatic carbocycles. The quantitative estimate of drug-likeness (QED) is 0.623. The lowest BCUT2D eigenvalue weighted by atomic mass is 9.98. The first-order valence-corrected chi connectivity index (χ1v) is 7.91. The molecule has 0 saturated heterocycles. The number of hydrogen-bond donors (Lipinski definition) is 3. The molecule has 0 atom stereocenters. The largest absolute Gasteiger partial charge is 0.466 e. The van der Waals surface area contributed by atoms with Gasteiger partial charge >= 0.3 is 5.97 Å². The lowest BCUT2D eigenvalue weighted by Crippen LogP contribution is -2.32. The van der Waals surface area contributed by atoms with Crippen LogP contribution in [0.25, 0.3) is 0 Å². The van der Waals surface area contributed by atoms with E-state index in [-0.39, 0.29) is 49.2 Å². The molecule has 0 radical (unpaired) electrons. The number of fused-ring (bicyclic) bond motifs is 1. The Kier molecular flexibility index (Phi) is 4.71. The monoisotopic (exact) mass is 345 g/mol. The number of aliphatic hydroxyl groups is 1. The number of carbonyl (C=O) groups is 3. The Morgan fingerprint density at radius 1 is 1.40 bits per heavy atom. The molecule has 0 bridgehead atoms. The summed E-state index contributed by atoms with van der Waals surface area (Å²) >= 11 is 0. The SMILES string of the molecule is COC(=O)C1=C(Nc2cccc3c2CC(=O)NC3)C(=O)N(CCO)C1. The molecule has 2 heterocycles. The van der Waals surface area contributed by atoms with Gasteiger partial charge in [-0.05, 0) is 17.2 Å². The third-order valence-corrected chi connectivity index (χ3v) is 4.30. The first-order valence-electron chi connectivity index (χ1n) is 7.91. The number of amides is 2. The number of β-amino-alcohol motifs (C(OH)–C–C–N with tert-alkyl or cyclic N) is 1. The van der Waals surface area contributed by atoms with Gasteiger partial charge in [-0.25, -0.2) is 4.79 Å². The lowest BCUT2D eigenvalue weighted by Gasteiger charge is -2.21. The van der Waals surface area contributed by atoms with Crippen molar-refractivity contribution in [2.45, 2.75) is 13.0 Å². The van der Waals surface area contributed by atoms with Crippen LogP contribution in [0.3, 0.4) is 0 Å². The molecule has 0 fully saturated rings. The minimum Gasteiger partial charge on any atom is -0.466 e. The maximum absolute atomic E-state index is 12.6. The van der Waals surface area contributed by atoms with Gasteiger partial charge in [0.25, 0.3) is 5.91 Å². The molecule has 25 heavy (non-hydrogen) atoms. The molecular formula is C17H19N3O5. The molecule has 8 nitrogen and oxygen atoms in total. The summed E-state index contributed by atoms with van der Waals surface area (Å²) in [5.74, 6) is -1.07. The van der Waals surface area contributed by atoms with Gasteiger partial charge in [0.1, 0.15) is 5.70 Å². The number of methoxy groups -OCH3 is 1. The van der Waals surface area contributed by atoms with Crippen molar-refractivity contribution in [3.05, 3.63) is 40.6 Å². The maximum atomic E-state index is 12.6. The molecule has 3 rings (SSSR count). The molecular weight excluding hydrogens is 326 g/mol. The Morgan fingerprint density at radius 2 is 2.20 bits per heavy atom. The molecule has 1 aromatic rings. The molecule has 2 aliphatic rings. The molecule has 0 saturated carbocycles. The van der Waals surface area contributed by atoms with Crippen molar-refractivity contribution in [3.8, 4) is 0 Å². The minimum atomic E-state index is -0.598. The van der Waals surface area contributed by atoms with Crippen LogP contribution in [0.4, 0.5) is 5.69 Å². The number of nitrogens with one attached hydrogen (secondary N) is 2. The van der Waals surface area contributed by atoms with Gasteiger partial charge in [-0.2, -0.15) is 0 Å². The number of anilines is 1. The van der Waals surface area contributed by atoms with Gasteiger partial charge in [0.05, 0.1) is 32.3 Å². The number of carbonyl (C=O) groups excluding carboxylic acids is 3. The third-order valence-electron chi connectivity index (χ3n) is 4.30. The van der Waals surface area contributed by atoms with E-state index in [1.807, 2.05) is 12.1 Å². The van der Waals surface area contributed by atoms with Crippen LogP contribution in [0.2, 0.25) is 0 Å². The lowest BCUT2D eigenvalue weighted by molar-refractivity contribution is -0.136. The van der Waals surface area contributed by atoms with E-state index in [4.69, 9.17) is 9.84 Å². The van der Waals surface area contributed by atoms with Crippen molar-refractivity contribution in [3.63, 3.8) is 0 Å². The van der Waals surface area contributed by atoms with Crippen molar-refractivity contribution in [1.29, 1.82) is 0 Å². The second kappa shape index (κ2) is 6.94. The van der Waals surface area contributed by atoms with Crippen LogP contribution in [-0.4, -0.2) is 54.6 Å². The average molecular weight is 345 g/mol. The van der Waals surface area contributed by atoms with E-state index in [9.17, 15) is 14.4 Å². The zero-order valence-corrected chi connectivity index (χ0v) is 13.8. The van der Waals surface area contributed by atoms with Crippen LogP contribution in [0, 0.1) is 0 Å². The maximum Gasteiger partial charge on any atom is 0.337 e. The van der Waals surface area contributed by atoms with Crippen LogP contribution in [0.1, 0.15) is 11.1 Å². The molecule has 0 unspecified atom stereocenters. The van der Waals surface area contributed by atoms with Crippen LogP contribution in [-0.2, 0) is 32.1 Å². The Hall–Kier alpha value is -2.87. The highest BCUT2D eigenvalue weighted by Gasteiger charge is 2.35. The first kappa shape index (κ1) is 17.0. The highest BCUT2D eigenvalue weighted by Crippen LogP contribution is 2.28. The fraction of sp³-hybridized carbons (Fsp3) is 0.353. The number of aliphatic hydroxyl groups excluding tert-OH is 1. The van der Waals surface area contributed by atoms with E-state index in [2.05, 4.69) is 10.6 Å². The minimum absolute atomic E-state index is 0.0733. The molecule has 2 aliphatic heterocycles. The van der Waals surface area contributed by atoms with Gasteiger partial charge < -0.3 is 25.4 Å². The number of rotatable bonds is 5. The average Bonchev–Trinajstić information content (AvgIpc) is 2.91. The third kappa shape index (κ3) is 3.20. The van der Waals surface area contributed by atoms with E-state index in [0.29, 0.717) is 12.2 Å². The Labute approximate surface area is 144 Å². The Morgan fingerprint density at radius 3 is 2.92 bits per heavy atom. The van der Waals surface area contributed by atoms with Crippen LogP contribution >= 0.6 is 0 Å². The van der Waals surface area contributed by atoms with Crippen LogP contribution in [0.5, 0.6) is 0 Å². The molecule has 0 aliphatic carbocycles. The second-order valence-electron chi connectivity index (χ2n) is 5.82. The summed E-state index contributed by atoms with van der Waals surface area (Å²) in [6.07, 6.45) is 0.202. The van der Waals surface area contributed by atoms with Gasteiger partial charge in [0.15, 0.2) is 0 Å². The van der Waals surface area contributed by atoms with Gasteiger partial charge in [-0.15, -0.1) is 0 Å². The van der Waals surface area contributed by atoms with Crippen molar-refractivity contribution in [2.75, 3.05) is 32.1 Å². The summed E-state index contributed by atoms with van der Waals surface area (Å²) in [7, 11) is 1.25. The van der Waals surface area contributed by atoms with Gasteiger partial charge in [-0.1, -0.05) is 12.1 Å². The zero-order chi connectivity index (χ0) is 18.0. The summed E-state index contributed by atoms with van der Waals surface area (Å²) in [5, 5.41) is 14.9. The highest BCUT2D eigenvalue weighted by atomic mass is 16.5. The fourth-order valence-electron chi connectivity index (χ4n) is 3.03. The predicted molar refractivity (Wildman–Crippen MR) is 88.3 cm³/mol. The molecule has 8 heteroatoms. The number of ether oxygens (including phenoxy) is 1. The van der Waals surface area contributed by atoms with Gasteiger partial charge in [0, 0.05) is 18.8 Å². The van der Waals surface area contributed by atoms with Crippen molar-refractivity contribution < 1.29 is 24.2 Å². The van der Waals surface area contributed by atoms with Crippen molar-refractivity contribution in [1.82, 2.24) is 10.2 Å². The fourth-order valence-corrected chi connectivity index (χ4v) is 3.03. The molecule has 3 N–H and O–H groups in total. The van der Waals surface area contributed by atoms with E-state index in [0.717, 1.165) is 11.1 Å². The Bertz CT molecular complexity index is 772. The van der Waals surface area contributed by atoms with Crippen molar-refractivity contribution in [2.24, 2.45) is 0 Å². The topological polar surface area (TPSA) is 108 Å². The van der Waals surface area contributed by atoms with Crippen LogP contribution in [0.15, 0.2) is 29.5 Å². The standard InChI is InChI=1S/C17H19N3O5/c1-25-17(24)12-9-20(5-6-21)16(23)15(12)19-13-4-2-3-10-8-18-14(22)7-11(10)13/h2-4,19,21H,5-9H2,1H3,(H,18,22). The van der Waals surface area contributed by atoms with Gasteiger partial charge in [-0.3, -0.25) is 9.59 Å². The first-order chi connectivity index (χ1) is 12.0. The Balaban J connectivity index is 1.96. The van der Waals surface area contributed by atoms with Crippen LogP contribution < -0.4 is 10.6 Å². The number of benzene rings is 1. The van der Waals surface area contributed by atoms with E-state index in [1.54, 1.807) is 6.07 Å². The van der Waals surface area contributed by atoms with Crippen molar-refractivity contribution >= 4 is 23.5 Å². The summed E-state index contributed by atoms with van der Waals surface area (Å²) in [6, 6.07) is 5.49. The molecule has 2 amide bonds. The number of esters is 1. The normalized spacial score (nSPS) is 16.6. The highest BCUT2D eigenvalue weighted by molar-refractivity contribution is 6.08. The molecule has 0 spiro atoms. The van der Waals surface area contributed by atoms with E-state index >= 15 is 0 Å². The smallest absolute Gasteiger partial charge is 0.337 e. The second-order valence-corrected chi connectivity index (χ2v) is 5.82. The summed E-state index contributed by atoms with van der Waals surface area (Å²) < 4.78 is 4.76. The van der Waals surface area contributed by atoms with Gasteiger partial charge in [0.2, 0.25) is 5.91 Å². The van der Waals surface area contributed by atoms with E-state index < -0.39 is 5.97 Å². The number of nitrogens with zero attached hydrogens (tertiary/aromatic N) is 1. The van der Waals surface area contributed by atoms with E-state index in [1.165, 1.54) is 12.0 Å². The number of hydrogen-bond acceptors (Lipinski definition) is 6. The molecule has 132 valence electrons.